The Kier molecular flexibility index (Phi) is 4.10. The van der Waals surface area contributed by atoms with Crippen molar-refractivity contribution < 1.29 is 8.78 Å². The molecule has 0 bridgehead atoms. The van der Waals surface area contributed by atoms with E-state index in [1.807, 2.05) is 4.90 Å². The molecule has 1 saturated heterocycles. The second kappa shape index (κ2) is 4.77. The molecule has 1 aliphatic heterocycles. The van der Waals surface area contributed by atoms with Crippen molar-refractivity contribution in [2.75, 3.05) is 13.1 Å². The van der Waals surface area contributed by atoms with E-state index in [2.05, 4.69) is 27.7 Å². The number of rotatable bonds is 2. The van der Waals surface area contributed by atoms with Crippen LogP contribution < -0.4 is 0 Å². The normalized spacial score (nSPS) is 29.8. The van der Waals surface area contributed by atoms with Gasteiger partial charge in [0.1, 0.15) is 0 Å². The first kappa shape index (κ1) is 12.9. The first-order valence-electron chi connectivity index (χ1n) is 5.84. The third kappa shape index (κ3) is 3.40. The number of nitrogens with zero attached hydrogens (tertiary/aromatic N) is 1. The fourth-order valence-corrected chi connectivity index (χ4v) is 2.81. The smallest absolute Gasteiger partial charge is 0.251 e. The van der Waals surface area contributed by atoms with Crippen LogP contribution in [0.2, 0.25) is 0 Å². The van der Waals surface area contributed by atoms with E-state index in [0.29, 0.717) is 5.92 Å². The molecule has 3 heteroatoms. The third-order valence-corrected chi connectivity index (χ3v) is 3.60. The van der Waals surface area contributed by atoms with Crippen LogP contribution in [0.4, 0.5) is 8.78 Å². The minimum Gasteiger partial charge on any atom is -0.295 e. The van der Waals surface area contributed by atoms with Crippen molar-refractivity contribution in [1.82, 2.24) is 4.90 Å². The fraction of sp³-hybridized carbons (Fsp3) is 1.00. The Morgan fingerprint density at radius 2 is 1.93 bits per heavy atom. The summed E-state index contributed by atoms with van der Waals surface area (Å²) in [4.78, 5) is 1.95. The summed E-state index contributed by atoms with van der Waals surface area (Å²) in [6.07, 6.45) is 0.0230. The van der Waals surface area contributed by atoms with Crippen molar-refractivity contribution in [2.24, 2.45) is 11.3 Å². The van der Waals surface area contributed by atoms with E-state index in [9.17, 15) is 8.78 Å². The molecule has 1 rings (SSSR count). The Morgan fingerprint density at radius 1 is 1.33 bits per heavy atom. The summed E-state index contributed by atoms with van der Waals surface area (Å²) in [6, 6.07) is 0.285. The summed E-state index contributed by atoms with van der Waals surface area (Å²) in [7, 11) is 0. The Balaban J connectivity index is 2.63. The highest BCUT2D eigenvalue weighted by atomic mass is 19.3. The van der Waals surface area contributed by atoms with Gasteiger partial charge in [-0.3, -0.25) is 4.90 Å². The van der Waals surface area contributed by atoms with Gasteiger partial charge in [0, 0.05) is 6.04 Å². The monoisotopic (exact) mass is 219 g/mol. The lowest BCUT2D eigenvalue weighted by atomic mass is 9.72. The van der Waals surface area contributed by atoms with Gasteiger partial charge in [0.15, 0.2) is 0 Å². The number of piperidine rings is 1. The van der Waals surface area contributed by atoms with Crippen LogP contribution in [-0.4, -0.2) is 30.5 Å². The Labute approximate surface area is 91.8 Å². The minimum absolute atomic E-state index is 0.0618. The summed E-state index contributed by atoms with van der Waals surface area (Å²) >= 11 is 0. The van der Waals surface area contributed by atoms with Gasteiger partial charge in [-0.05, 0) is 37.6 Å². The predicted octanol–water partition coefficient (Wildman–Crippen LogP) is 3.40. The Bertz CT molecular complexity index is 198. The summed E-state index contributed by atoms with van der Waals surface area (Å²) in [5.74, 6) is 0.532. The number of halogens is 2. The zero-order chi connectivity index (χ0) is 11.6. The summed E-state index contributed by atoms with van der Waals surface area (Å²) in [6.45, 7) is 9.49. The maximum Gasteiger partial charge on any atom is 0.251 e. The molecular weight excluding hydrogens is 196 g/mol. The van der Waals surface area contributed by atoms with Crippen molar-refractivity contribution in [3.05, 3.63) is 0 Å². The van der Waals surface area contributed by atoms with Gasteiger partial charge in [-0.25, -0.2) is 8.78 Å². The van der Waals surface area contributed by atoms with E-state index in [-0.39, 0.29) is 18.0 Å². The zero-order valence-electron chi connectivity index (χ0n) is 10.3. The van der Waals surface area contributed by atoms with Crippen molar-refractivity contribution in [1.29, 1.82) is 0 Å². The molecule has 0 N–H and O–H groups in total. The van der Waals surface area contributed by atoms with Crippen molar-refractivity contribution in [3.63, 3.8) is 0 Å². The van der Waals surface area contributed by atoms with Gasteiger partial charge in [-0.2, -0.15) is 0 Å². The van der Waals surface area contributed by atoms with Gasteiger partial charge < -0.3 is 0 Å². The highest BCUT2D eigenvalue weighted by molar-refractivity contribution is 4.88. The van der Waals surface area contributed by atoms with Gasteiger partial charge in [-0.1, -0.05) is 20.8 Å². The van der Waals surface area contributed by atoms with Crippen LogP contribution in [0.3, 0.4) is 0 Å². The average molecular weight is 219 g/mol. The molecule has 0 saturated carbocycles. The van der Waals surface area contributed by atoms with Gasteiger partial charge in [-0.15, -0.1) is 0 Å². The maximum absolute atomic E-state index is 12.4. The molecule has 0 spiro atoms. The lowest BCUT2D eigenvalue weighted by Crippen LogP contribution is -2.49. The third-order valence-electron chi connectivity index (χ3n) is 3.60. The largest absolute Gasteiger partial charge is 0.295 e. The van der Waals surface area contributed by atoms with Crippen LogP contribution >= 0.6 is 0 Å². The number of likely N-dealkylation sites (tertiary alicyclic amines) is 1. The number of hydrogen-bond donors (Lipinski definition) is 0. The second-order valence-corrected chi connectivity index (χ2v) is 5.74. The molecule has 1 heterocycles. The van der Waals surface area contributed by atoms with Crippen molar-refractivity contribution >= 4 is 0 Å². The molecule has 90 valence electrons. The molecule has 0 radical (unpaired) electrons. The van der Waals surface area contributed by atoms with Gasteiger partial charge in [0.05, 0.1) is 6.54 Å². The van der Waals surface area contributed by atoms with Crippen LogP contribution in [0, 0.1) is 11.3 Å². The lowest BCUT2D eigenvalue weighted by Gasteiger charge is -2.45. The topological polar surface area (TPSA) is 3.24 Å². The standard InChI is InChI=1S/C12H23F2N/c1-9-10(12(2,3)4)6-5-7-15(9)8-11(13)14/h9-11H,5-8H2,1-4H3/t9-,10+/m0/s1. The van der Waals surface area contributed by atoms with E-state index >= 15 is 0 Å². The minimum atomic E-state index is -2.20. The van der Waals surface area contributed by atoms with Gasteiger partial charge in [0.25, 0.3) is 6.43 Å². The first-order valence-corrected chi connectivity index (χ1v) is 5.84. The number of alkyl halides is 2. The van der Waals surface area contributed by atoms with E-state index in [0.717, 1.165) is 13.0 Å². The van der Waals surface area contributed by atoms with Crippen LogP contribution in [-0.2, 0) is 0 Å². The molecule has 0 aromatic heterocycles. The Hall–Kier alpha value is -0.180. The van der Waals surface area contributed by atoms with Gasteiger partial charge >= 0.3 is 0 Å². The summed E-state index contributed by atoms with van der Waals surface area (Å²) in [5, 5.41) is 0. The SMILES string of the molecule is C[C@H]1[C@H](C(C)(C)C)CCCN1CC(F)F. The van der Waals surface area contributed by atoms with Crippen LogP contribution in [0.15, 0.2) is 0 Å². The van der Waals surface area contributed by atoms with Crippen LogP contribution in [0.5, 0.6) is 0 Å². The van der Waals surface area contributed by atoms with E-state index in [4.69, 9.17) is 0 Å². The average Bonchev–Trinajstić information content (AvgIpc) is 2.05. The molecule has 0 unspecified atom stereocenters. The molecule has 15 heavy (non-hydrogen) atoms. The maximum atomic E-state index is 12.4. The summed E-state index contributed by atoms with van der Waals surface area (Å²) < 4.78 is 24.7. The molecule has 1 nitrogen and oxygen atoms in total. The van der Waals surface area contributed by atoms with Crippen molar-refractivity contribution in [2.45, 2.75) is 53.0 Å². The first-order chi connectivity index (χ1) is 6.82. The molecule has 2 atom stereocenters. The molecule has 0 aromatic carbocycles. The fourth-order valence-electron chi connectivity index (χ4n) is 2.81. The second-order valence-electron chi connectivity index (χ2n) is 5.74. The van der Waals surface area contributed by atoms with E-state index in [1.165, 1.54) is 6.42 Å². The molecule has 0 amide bonds. The van der Waals surface area contributed by atoms with E-state index < -0.39 is 6.43 Å². The quantitative estimate of drug-likeness (QED) is 0.688. The molecule has 1 fully saturated rings. The molecule has 0 aliphatic carbocycles. The highest BCUT2D eigenvalue weighted by Crippen LogP contribution is 2.37. The molecule has 1 aliphatic rings. The highest BCUT2D eigenvalue weighted by Gasteiger charge is 2.36. The van der Waals surface area contributed by atoms with Crippen LogP contribution in [0.1, 0.15) is 40.5 Å². The van der Waals surface area contributed by atoms with Crippen molar-refractivity contribution in [3.8, 4) is 0 Å². The lowest BCUT2D eigenvalue weighted by molar-refractivity contribution is 0.00121. The molecule has 0 aromatic rings. The predicted molar refractivity (Wildman–Crippen MR) is 59.2 cm³/mol. The van der Waals surface area contributed by atoms with Gasteiger partial charge in [0.2, 0.25) is 0 Å². The molecular formula is C12H23F2N. The Morgan fingerprint density at radius 3 is 2.40 bits per heavy atom. The summed E-state index contributed by atoms with van der Waals surface area (Å²) in [5.41, 5.74) is 0.222. The van der Waals surface area contributed by atoms with Crippen LogP contribution in [0.25, 0.3) is 0 Å². The van der Waals surface area contributed by atoms with E-state index in [1.54, 1.807) is 0 Å². The number of hydrogen-bond acceptors (Lipinski definition) is 1. The zero-order valence-corrected chi connectivity index (χ0v) is 10.3.